The number of esters is 1. The lowest BCUT2D eigenvalue weighted by Gasteiger charge is -2.34. The quantitative estimate of drug-likeness (QED) is 0.360. The molecule has 0 aliphatic carbocycles. The maximum atomic E-state index is 12.7. The predicted octanol–water partition coefficient (Wildman–Crippen LogP) is 6.10. The number of benzene rings is 1. The highest BCUT2D eigenvalue weighted by Crippen LogP contribution is 2.34. The lowest BCUT2D eigenvalue weighted by molar-refractivity contribution is -0.0158. The molecule has 0 spiro atoms. The summed E-state index contributed by atoms with van der Waals surface area (Å²) in [5.74, 6) is -1.64. The van der Waals surface area contributed by atoms with Gasteiger partial charge in [0.15, 0.2) is 0 Å². The zero-order valence-corrected chi connectivity index (χ0v) is 16.7. The molecule has 0 aliphatic rings. The van der Waals surface area contributed by atoms with Crippen LogP contribution in [0.15, 0.2) is 24.3 Å². The van der Waals surface area contributed by atoms with Crippen LogP contribution >= 0.6 is 0 Å². The average molecular weight is 363 g/mol. The van der Waals surface area contributed by atoms with Crippen LogP contribution in [-0.4, -0.2) is 23.1 Å². The molecule has 0 saturated carbocycles. The van der Waals surface area contributed by atoms with Gasteiger partial charge in [0, 0.05) is 5.41 Å². The molecular formula is C22H34O4. The van der Waals surface area contributed by atoms with E-state index in [2.05, 4.69) is 27.7 Å². The third-order valence-electron chi connectivity index (χ3n) is 4.99. The Morgan fingerprint density at radius 1 is 1.00 bits per heavy atom. The lowest BCUT2D eigenvalue weighted by Crippen LogP contribution is -2.34. The molecule has 1 atom stereocenters. The van der Waals surface area contributed by atoms with Crippen molar-refractivity contribution in [3.8, 4) is 0 Å². The van der Waals surface area contributed by atoms with Crippen LogP contribution in [0.3, 0.4) is 0 Å². The summed E-state index contributed by atoms with van der Waals surface area (Å²) in [6.07, 6.45) is 8.26. The largest absolute Gasteiger partial charge is 0.478 e. The van der Waals surface area contributed by atoms with Crippen molar-refractivity contribution < 1.29 is 19.4 Å². The van der Waals surface area contributed by atoms with Crippen molar-refractivity contribution in [2.45, 2.75) is 85.2 Å². The van der Waals surface area contributed by atoms with Crippen LogP contribution in [0, 0.1) is 5.41 Å². The Morgan fingerprint density at radius 2 is 1.62 bits per heavy atom. The minimum atomic E-state index is -1.11. The van der Waals surface area contributed by atoms with Gasteiger partial charge in [0.1, 0.15) is 6.10 Å². The first-order valence-corrected chi connectivity index (χ1v) is 9.86. The van der Waals surface area contributed by atoms with E-state index in [0.29, 0.717) is 0 Å². The van der Waals surface area contributed by atoms with Gasteiger partial charge in [-0.1, -0.05) is 71.9 Å². The highest BCUT2D eigenvalue weighted by molar-refractivity contribution is 6.02. The van der Waals surface area contributed by atoms with E-state index in [4.69, 9.17) is 4.74 Å². The van der Waals surface area contributed by atoms with Crippen molar-refractivity contribution >= 4 is 11.9 Å². The van der Waals surface area contributed by atoms with Crippen LogP contribution in [0.5, 0.6) is 0 Å². The number of carboxylic acids is 1. The number of hydrogen-bond donors (Lipinski definition) is 1. The van der Waals surface area contributed by atoms with Crippen LogP contribution < -0.4 is 0 Å². The normalized spacial score (nSPS) is 12.6. The van der Waals surface area contributed by atoms with Crippen molar-refractivity contribution in [2.75, 3.05) is 0 Å². The molecule has 0 heterocycles. The average Bonchev–Trinajstić information content (AvgIpc) is 2.62. The minimum absolute atomic E-state index is 0.00593. The molecular weight excluding hydrogens is 328 g/mol. The maximum absolute atomic E-state index is 12.7. The smallest absolute Gasteiger partial charge is 0.339 e. The first kappa shape index (κ1) is 22.2. The molecule has 1 unspecified atom stereocenters. The SMILES string of the molecule is CCCCCCC(OC(=O)c1ccccc1C(=O)O)C(C)(C)CCCC. The Hall–Kier alpha value is -1.84. The van der Waals surface area contributed by atoms with Gasteiger partial charge in [0.05, 0.1) is 11.1 Å². The topological polar surface area (TPSA) is 63.6 Å². The molecule has 0 amide bonds. The van der Waals surface area contributed by atoms with E-state index >= 15 is 0 Å². The Balaban J connectivity index is 2.93. The number of carboxylic acid groups (broad SMARTS) is 1. The van der Waals surface area contributed by atoms with Crippen LogP contribution in [0.25, 0.3) is 0 Å². The number of carbonyl (C=O) groups excluding carboxylic acids is 1. The van der Waals surface area contributed by atoms with Crippen molar-refractivity contribution in [3.05, 3.63) is 35.4 Å². The number of ether oxygens (including phenoxy) is 1. The van der Waals surface area contributed by atoms with Gasteiger partial charge in [-0.25, -0.2) is 9.59 Å². The Bertz CT molecular complexity index is 577. The number of aromatic carboxylic acids is 1. The molecule has 0 radical (unpaired) electrons. The van der Waals surface area contributed by atoms with E-state index in [-0.39, 0.29) is 22.6 Å². The summed E-state index contributed by atoms with van der Waals surface area (Å²) in [6, 6.07) is 6.26. The molecule has 146 valence electrons. The molecule has 0 aromatic heterocycles. The molecule has 0 saturated heterocycles. The van der Waals surface area contributed by atoms with Crippen molar-refractivity contribution in [1.82, 2.24) is 0 Å². The van der Waals surface area contributed by atoms with Gasteiger partial charge in [-0.3, -0.25) is 0 Å². The van der Waals surface area contributed by atoms with Gasteiger partial charge >= 0.3 is 11.9 Å². The molecule has 1 N–H and O–H groups in total. The fraction of sp³-hybridized carbons (Fsp3) is 0.636. The van der Waals surface area contributed by atoms with Crippen LogP contribution in [0.2, 0.25) is 0 Å². The van der Waals surface area contributed by atoms with Crippen LogP contribution in [0.1, 0.15) is 99.8 Å². The second-order valence-corrected chi connectivity index (χ2v) is 7.69. The first-order valence-electron chi connectivity index (χ1n) is 9.86. The summed E-state index contributed by atoms with van der Waals surface area (Å²) >= 11 is 0. The van der Waals surface area contributed by atoms with E-state index in [1.165, 1.54) is 18.6 Å². The lowest BCUT2D eigenvalue weighted by atomic mass is 9.79. The zero-order valence-electron chi connectivity index (χ0n) is 16.7. The first-order chi connectivity index (χ1) is 12.3. The van der Waals surface area contributed by atoms with Crippen molar-refractivity contribution in [2.24, 2.45) is 5.41 Å². The van der Waals surface area contributed by atoms with Gasteiger partial charge in [0.2, 0.25) is 0 Å². The number of rotatable bonds is 12. The second-order valence-electron chi connectivity index (χ2n) is 7.69. The van der Waals surface area contributed by atoms with E-state index in [1.807, 2.05) is 0 Å². The van der Waals surface area contributed by atoms with Crippen molar-refractivity contribution in [3.63, 3.8) is 0 Å². The zero-order chi connectivity index (χ0) is 19.6. The molecule has 0 aliphatic heterocycles. The minimum Gasteiger partial charge on any atom is -0.478 e. The van der Waals surface area contributed by atoms with E-state index in [9.17, 15) is 14.7 Å². The Kier molecular flexibility index (Phi) is 9.39. The highest BCUT2D eigenvalue weighted by atomic mass is 16.5. The van der Waals surface area contributed by atoms with Crippen LogP contribution in [-0.2, 0) is 4.74 Å². The maximum Gasteiger partial charge on any atom is 0.339 e. The predicted molar refractivity (Wildman–Crippen MR) is 105 cm³/mol. The second kappa shape index (κ2) is 11.0. The van der Waals surface area contributed by atoms with Gasteiger partial charge in [0.25, 0.3) is 0 Å². The third-order valence-corrected chi connectivity index (χ3v) is 4.99. The van der Waals surface area contributed by atoms with Gasteiger partial charge in [-0.15, -0.1) is 0 Å². The Labute approximate surface area is 158 Å². The summed E-state index contributed by atoms with van der Waals surface area (Å²) in [7, 11) is 0. The number of hydrogen-bond acceptors (Lipinski definition) is 3. The van der Waals surface area contributed by atoms with E-state index < -0.39 is 11.9 Å². The number of carbonyl (C=O) groups is 2. The molecule has 0 bridgehead atoms. The molecule has 26 heavy (non-hydrogen) atoms. The summed E-state index contributed by atoms with van der Waals surface area (Å²) < 4.78 is 5.87. The standard InChI is InChI=1S/C22H34O4/c1-5-7-9-10-15-19(22(3,4)16-8-6-2)26-21(25)18-14-12-11-13-17(18)20(23)24/h11-14,19H,5-10,15-16H2,1-4H3,(H,23,24). The summed E-state index contributed by atoms with van der Waals surface area (Å²) in [4.78, 5) is 24.1. The molecule has 0 fully saturated rings. The number of unbranched alkanes of at least 4 members (excludes halogenated alkanes) is 4. The molecule has 1 aromatic rings. The van der Waals surface area contributed by atoms with Gasteiger partial charge < -0.3 is 9.84 Å². The van der Waals surface area contributed by atoms with Crippen molar-refractivity contribution in [1.29, 1.82) is 0 Å². The fourth-order valence-electron chi connectivity index (χ4n) is 3.20. The van der Waals surface area contributed by atoms with Gasteiger partial charge in [-0.05, 0) is 31.4 Å². The highest BCUT2D eigenvalue weighted by Gasteiger charge is 2.32. The van der Waals surface area contributed by atoms with Crippen LogP contribution in [0.4, 0.5) is 0 Å². The molecule has 4 heteroatoms. The monoisotopic (exact) mass is 362 g/mol. The van der Waals surface area contributed by atoms with Gasteiger partial charge in [-0.2, -0.15) is 0 Å². The van der Waals surface area contributed by atoms with E-state index in [0.717, 1.165) is 44.9 Å². The van der Waals surface area contributed by atoms with E-state index in [1.54, 1.807) is 12.1 Å². The summed E-state index contributed by atoms with van der Waals surface area (Å²) in [5, 5.41) is 9.32. The summed E-state index contributed by atoms with van der Waals surface area (Å²) in [6.45, 7) is 8.61. The molecule has 1 rings (SSSR count). The molecule has 4 nitrogen and oxygen atoms in total. The molecule has 1 aromatic carbocycles. The Morgan fingerprint density at radius 3 is 2.19 bits per heavy atom. The fourth-order valence-corrected chi connectivity index (χ4v) is 3.20. The third kappa shape index (κ3) is 6.81. The summed E-state index contributed by atoms with van der Waals surface area (Å²) in [5.41, 5.74) is -0.00535.